The lowest BCUT2D eigenvalue weighted by Gasteiger charge is -2.34. The molecule has 8 nitrogen and oxygen atoms in total. The molecule has 2 aliphatic rings. The van der Waals surface area contributed by atoms with Crippen molar-refractivity contribution in [3.8, 4) is 0 Å². The predicted octanol–water partition coefficient (Wildman–Crippen LogP) is 1.56. The van der Waals surface area contributed by atoms with Crippen LogP contribution in [0.4, 0.5) is 5.82 Å². The number of rotatable bonds is 6. The minimum atomic E-state index is 0.109. The van der Waals surface area contributed by atoms with E-state index in [4.69, 9.17) is 0 Å². The van der Waals surface area contributed by atoms with Crippen molar-refractivity contribution in [3.63, 3.8) is 0 Å². The van der Waals surface area contributed by atoms with Crippen molar-refractivity contribution >= 4 is 17.5 Å². The van der Waals surface area contributed by atoms with Crippen molar-refractivity contribution in [2.75, 3.05) is 44.2 Å². The second kappa shape index (κ2) is 8.43. The molecule has 28 heavy (non-hydrogen) atoms. The zero-order valence-corrected chi connectivity index (χ0v) is 17.0. The average molecular weight is 386 g/mol. The molecule has 0 bridgehead atoms. The van der Waals surface area contributed by atoms with Crippen LogP contribution in [0.25, 0.3) is 5.78 Å². The number of nitrogens with one attached hydrogen (secondary N) is 1. The lowest BCUT2D eigenvalue weighted by molar-refractivity contribution is -0.125. The van der Waals surface area contributed by atoms with Gasteiger partial charge >= 0.3 is 0 Å². The number of amides is 1. The van der Waals surface area contributed by atoms with E-state index in [0.717, 1.165) is 62.5 Å². The molecule has 2 saturated heterocycles. The third-order valence-electron chi connectivity index (χ3n) is 6.19. The summed E-state index contributed by atoms with van der Waals surface area (Å²) >= 11 is 0. The van der Waals surface area contributed by atoms with Crippen LogP contribution < -0.4 is 10.2 Å². The fraction of sp³-hybridized carbons (Fsp3) is 0.700. The maximum atomic E-state index is 12.5. The lowest BCUT2D eigenvalue weighted by atomic mass is 9.95. The van der Waals surface area contributed by atoms with Crippen molar-refractivity contribution in [3.05, 3.63) is 17.6 Å². The molecule has 1 N–H and O–H groups in total. The second-order valence-electron chi connectivity index (χ2n) is 8.07. The van der Waals surface area contributed by atoms with Crippen LogP contribution >= 0.6 is 0 Å². The highest BCUT2D eigenvalue weighted by molar-refractivity contribution is 5.79. The summed E-state index contributed by atoms with van der Waals surface area (Å²) in [6, 6.07) is 0. The summed E-state index contributed by atoms with van der Waals surface area (Å²) in [7, 11) is 0. The van der Waals surface area contributed by atoms with Crippen LogP contribution in [0.15, 0.2) is 6.33 Å². The molecule has 8 heteroatoms. The van der Waals surface area contributed by atoms with Crippen LogP contribution in [-0.2, 0) is 4.79 Å². The SMILES string of the molecule is Cc1nc2ncnn2c(N2CCC(C(=O)NCCCN3CCCC3)CC2)c1C. The van der Waals surface area contributed by atoms with E-state index in [-0.39, 0.29) is 11.8 Å². The Bertz CT molecular complexity index is 819. The van der Waals surface area contributed by atoms with E-state index in [1.165, 1.54) is 25.9 Å². The molecule has 4 heterocycles. The number of nitrogens with zero attached hydrogens (tertiary/aromatic N) is 6. The number of aryl methyl sites for hydroxylation is 1. The van der Waals surface area contributed by atoms with E-state index in [1.807, 2.05) is 11.4 Å². The Hall–Kier alpha value is -2.22. The number of fused-ring (bicyclic) bond motifs is 1. The monoisotopic (exact) mass is 385 g/mol. The number of hydrogen-bond donors (Lipinski definition) is 1. The average Bonchev–Trinajstić information content (AvgIpc) is 3.38. The van der Waals surface area contributed by atoms with Gasteiger partial charge in [-0.3, -0.25) is 4.79 Å². The van der Waals surface area contributed by atoms with E-state index in [0.29, 0.717) is 5.78 Å². The first-order valence-electron chi connectivity index (χ1n) is 10.6. The Balaban J connectivity index is 1.29. The third-order valence-corrected chi connectivity index (χ3v) is 6.19. The van der Waals surface area contributed by atoms with Crippen molar-refractivity contribution in [1.82, 2.24) is 29.8 Å². The first-order valence-corrected chi connectivity index (χ1v) is 10.6. The molecule has 2 aromatic heterocycles. The standard InChI is InChI=1S/C20H31N7O/c1-15-16(2)24-20-22-14-23-27(20)19(15)26-12-6-17(7-13-26)18(28)21-8-5-11-25-9-3-4-10-25/h14,17H,3-13H2,1-2H3,(H,21,28). The largest absolute Gasteiger partial charge is 0.356 e. The van der Waals surface area contributed by atoms with Gasteiger partial charge in [-0.25, -0.2) is 4.98 Å². The maximum absolute atomic E-state index is 12.5. The highest BCUT2D eigenvalue weighted by atomic mass is 16.1. The topological polar surface area (TPSA) is 78.7 Å². The van der Waals surface area contributed by atoms with Gasteiger partial charge in [0.05, 0.1) is 0 Å². The Morgan fingerprint density at radius 2 is 1.93 bits per heavy atom. The minimum Gasteiger partial charge on any atom is -0.356 e. The number of piperidine rings is 1. The van der Waals surface area contributed by atoms with Gasteiger partial charge in [0.1, 0.15) is 12.1 Å². The highest BCUT2D eigenvalue weighted by Crippen LogP contribution is 2.27. The summed E-state index contributed by atoms with van der Waals surface area (Å²) < 4.78 is 1.82. The van der Waals surface area contributed by atoms with Gasteiger partial charge in [0.25, 0.3) is 5.78 Å². The number of likely N-dealkylation sites (tertiary alicyclic amines) is 1. The summed E-state index contributed by atoms with van der Waals surface area (Å²) in [6.07, 6.45) is 6.98. The first-order chi connectivity index (χ1) is 13.6. The van der Waals surface area contributed by atoms with E-state index in [2.05, 4.69) is 37.1 Å². The van der Waals surface area contributed by atoms with Gasteiger partial charge in [-0.1, -0.05) is 0 Å². The van der Waals surface area contributed by atoms with Crippen molar-refractivity contribution in [1.29, 1.82) is 0 Å². The number of carbonyl (C=O) groups is 1. The van der Waals surface area contributed by atoms with Gasteiger partial charge < -0.3 is 15.1 Å². The smallest absolute Gasteiger partial charge is 0.254 e. The highest BCUT2D eigenvalue weighted by Gasteiger charge is 2.27. The summed E-state index contributed by atoms with van der Waals surface area (Å²) in [6.45, 7) is 10.1. The van der Waals surface area contributed by atoms with Gasteiger partial charge in [0.2, 0.25) is 5.91 Å². The number of hydrogen-bond acceptors (Lipinski definition) is 6. The molecule has 0 aromatic carbocycles. The van der Waals surface area contributed by atoms with Gasteiger partial charge in [0.15, 0.2) is 0 Å². The molecule has 0 saturated carbocycles. The Morgan fingerprint density at radius 1 is 1.18 bits per heavy atom. The molecule has 2 aromatic rings. The molecule has 0 aliphatic carbocycles. The van der Waals surface area contributed by atoms with Gasteiger partial charge in [0, 0.05) is 36.8 Å². The van der Waals surface area contributed by atoms with Crippen LogP contribution in [0.5, 0.6) is 0 Å². The van der Waals surface area contributed by atoms with Crippen LogP contribution in [0.3, 0.4) is 0 Å². The minimum absolute atomic E-state index is 0.109. The molecule has 1 amide bonds. The normalized spacial score (nSPS) is 18.9. The third kappa shape index (κ3) is 3.97. The van der Waals surface area contributed by atoms with Crippen LogP contribution in [0.1, 0.15) is 43.4 Å². The molecule has 0 spiro atoms. The van der Waals surface area contributed by atoms with Crippen LogP contribution in [0.2, 0.25) is 0 Å². The Labute approximate surface area is 166 Å². The lowest BCUT2D eigenvalue weighted by Crippen LogP contribution is -2.42. The molecule has 2 aliphatic heterocycles. The van der Waals surface area contributed by atoms with Crippen molar-refractivity contribution in [2.24, 2.45) is 5.92 Å². The van der Waals surface area contributed by atoms with Crippen LogP contribution in [0, 0.1) is 19.8 Å². The molecular formula is C20H31N7O. The molecule has 0 radical (unpaired) electrons. The second-order valence-corrected chi connectivity index (χ2v) is 8.07. The molecular weight excluding hydrogens is 354 g/mol. The van der Waals surface area contributed by atoms with Gasteiger partial charge in [-0.2, -0.15) is 14.6 Å². The zero-order valence-electron chi connectivity index (χ0n) is 17.0. The van der Waals surface area contributed by atoms with Gasteiger partial charge in [-0.15, -0.1) is 0 Å². The van der Waals surface area contributed by atoms with Crippen molar-refractivity contribution in [2.45, 2.75) is 46.0 Å². The maximum Gasteiger partial charge on any atom is 0.254 e. The summed E-state index contributed by atoms with van der Waals surface area (Å²) in [5, 5.41) is 7.51. The summed E-state index contributed by atoms with van der Waals surface area (Å²) in [4.78, 5) is 26.1. The number of aromatic nitrogens is 4. The fourth-order valence-corrected chi connectivity index (χ4v) is 4.40. The molecule has 0 atom stereocenters. The molecule has 4 rings (SSSR count). The Kier molecular flexibility index (Phi) is 5.75. The molecule has 152 valence electrons. The molecule has 0 unspecified atom stereocenters. The quantitative estimate of drug-likeness (QED) is 0.761. The summed E-state index contributed by atoms with van der Waals surface area (Å²) in [5.41, 5.74) is 2.11. The zero-order chi connectivity index (χ0) is 19.5. The summed E-state index contributed by atoms with van der Waals surface area (Å²) in [5.74, 6) is 2.02. The number of carbonyl (C=O) groups excluding carboxylic acids is 1. The van der Waals surface area contributed by atoms with Crippen LogP contribution in [-0.4, -0.2) is 69.7 Å². The molecule has 2 fully saturated rings. The predicted molar refractivity (Wildman–Crippen MR) is 108 cm³/mol. The van der Waals surface area contributed by atoms with E-state index >= 15 is 0 Å². The number of anilines is 1. The van der Waals surface area contributed by atoms with E-state index in [1.54, 1.807) is 6.33 Å². The van der Waals surface area contributed by atoms with E-state index in [9.17, 15) is 4.79 Å². The fourth-order valence-electron chi connectivity index (χ4n) is 4.40. The van der Waals surface area contributed by atoms with Crippen molar-refractivity contribution < 1.29 is 4.79 Å². The Morgan fingerprint density at radius 3 is 2.68 bits per heavy atom. The first kappa shape index (κ1) is 19.1. The van der Waals surface area contributed by atoms with Gasteiger partial charge in [-0.05, 0) is 65.6 Å². The van der Waals surface area contributed by atoms with E-state index < -0.39 is 0 Å².